The summed E-state index contributed by atoms with van der Waals surface area (Å²) in [6, 6.07) is 13.6. The Hall–Kier alpha value is -2.70. The number of benzene rings is 2. The highest BCUT2D eigenvalue weighted by molar-refractivity contribution is 6.00. The van der Waals surface area contributed by atoms with Gasteiger partial charge in [-0.15, -0.1) is 12.4 Å². The number of halogens is 2. The van der Waals surface area contributed by atoms with Crippen LogP contribution in [-0.2, 0) is 0 Å². The molecule has 0 saturated carbocycles. The normalized spacial score (nSPS) is 16.0. The van der Waals surface area contributed by atoms with E-state index in [1.165, 1.54) is 25.1 Å². The van der Waals surface area contributed by atoms with Crippen LogP contribution in [0.5, 0.6) is 0 Å². The van der Waals surface area contributed by atoms with Gasteiger partial charge < -0.3 is 15.1 Å². The van der Waals surface area contributed by atoms with Gasteiger partial charge in [-0.3, -0.25) is 4.79 Å². The number of oxazole rings is 1. The number of amides is 1. The Morgan fingerprint density at radius 1 is 1.17 bits per heavy atom. The molecule has 1 atom stereocenters. The average molecular weight is 430 g/mol. The fourth-order valence-corrected chi connectivity index (χ4v) is 3.71. The number of carbonyl (C=O) groups excluding carboxylic acids is 1. The Labute approximate surface area is 181 Å². The minimum Gasteiger partial charge on any atom is -0.436 e. The van der Waals surface area contributed by atoms with Gasteiger partial charge in [-0.25, -0.2) is 9.37 Å². The minimum absolute atomic E-state index is 0. The summed E-state index contributed by atoms with van der Waals surface area (Å²) in [5.41, 5.74) is 1.43. The van der Waals surface area contributed by atoms with Gasteiger partial charge in [-0.05, 0) is 62.5 Å². The molecule has 1 unspecified atom stereocenters. The molecule has 1 fully saturated rings. The van der Waals surface area contributed by atoms with Crippen molar-refractivity contribution in [3.05, 3.63) is 66.1 Å². The molecule has 7 heteroatoms. The van der Waals surface area contributed by atoms with Gasteiger partial charge in [0, 0.05) is 12.1 Å². The molecule has 0 bridgehead atoms. The fraction of sp³-hybridized carbons (Fsp3) is 0.304. The van der Waals surface area contributed by atoms with Crippen molar-refractivity contribution in [2.45, 2.75) is 19.3 Å². The fourth-order valence-electron chi connectivity index (χ4n) is 3.71. The molecule has 2 aromatic carbocycles. The lowest BCUT2D eigenvalue weighted by Crippen LogP contribution is -2.33. The number of nitrogens with one attached hydrogen (secondary N) is 2. The maximum Gasteiger partial charge on any atom is 0.252 e. The zero-order valence-electron chi connectivity index (χ0n) is 16.6. The molecule has 2 heterocycles. The number of carbonyl (C=O) groups is 1. The second-order valence-corrected chi connectivity index (χ2v) is 7.31. The third-order valence-corrected chi connectivity index (χ3v) is 5.28. The zero-order valence-corrected chi connectivity index (χ0v) is 17.4. The highest BCUT2D eigenvalue weighted by atomic mass is 35.5. The first-order valence-corrected chi connectivity index (χ1v) is 10.0. The molecule has 4 rings (SSSR count). The number of hydrogen-bond acceptors (Lipinski definition) is 4. The summed E-state index contributed by atoms with van der Waals surface area (Å²) in [7, 11) is 0. The zero-order chi connectivity index (χ0) is 20.1. The van der Waals surface area contributed by atoms with Crippen molar-refractivity contribution in [3.8, 4) is 22.8 Å². The van der Waals surface area contributed by atoms with E-state index in [9.17, 15) is 9.18 Å². The molecule has 1 aliphatic rings. The lowest BCUT2D eigenvalue weighted by molar-refractivity contribution is 0.0951. The monoisotopic (exact) mass is 429 g/mol. The van der Waals surface area contributed by atoms with E-state index in [1.807, 2.05) is 12.1 Å². The summed E-state index contributed by atoms with van der Waals surface area (Å²) < 4.78 is 19.8. The Balaban J connectivity index is 0.00000256. The van der Waals surface area contributed by atoms with E-state index in [2.05, 4.69) is 15.6 Å². The van der Waals surface area contributed by atoms with E-state index in [1.54, 1.807) is 30.3 Å². The Morgan fingerprint density at radius 3 is 2.70 bits per heavy atom. The predicted octanol–water partition coefficient (Wildman–Crippen LogP) is 4.69. The van der Waals surface area contributed by atoms with Crippen LogP contribution in [0.25, 0.3) is 22.8 Å². The third kappa shape index (κ3) is 5.07. The molecule has 0 aliphatic carbocycles. The van der Waals surface area contributed by atoms with E-state index in [4.69, 9.17) is 4.42 Å². The van der Waals surface area contributed by atoms with E-state index >= 15 is 0 Å². The quantitative estimate of drug-likeness (QED) is 0.596. The predicted molar refractivity (Wildman–Crippen MR) is 117 cm³/mol. The van der Waals surface area contributed by atoms with Crippen LogP contribution in [0, 0.1) is 11.7 Å². The molecule has 1 aromatic heterocycles. The van der Waals surface area contributed by atoms with Crippen LogP contribution in [0.1, 0.15) is 29.6 Å². The molecular weight excluding hydrogens is 405 g/mol. The maximum absolute atomic E-state index is 14.0. The number of nitrogens with zero attached hydrogens (tertiary/aromatic N) is 1. The number of hydrogen-bond donors (Lipinski definition) is 2. The van der Waals surface area contributed by atoms with E-state index in [0.29, 0.717) is 40.8 Å². The largest absolute Gasteiger partial charge is 0.436 e. The molecule has 5 nitrogen and oxygen atoms in total. The van der Waals surface area contributed by atoms with Crippen molar-refractivity contribution in [1.82, 2.24) is 15.6 Å². The summed E-state index contributed by atoms with van der Waals surface area (Å²) >= 11 is 0. The lowest BCUT2D eigenvalue weighted by Gasteiger charge is -2.22. The standard InChI is InChI=1S/C23H24FN3O2.ClH/c24-20-10-4-3-9-19(20)21-15-27-23(29-21)18-8-2-1-7-17(18)22(28)26-13-11-16-6-5-12-25-14-16;/h1-4,7-10,15-16,25H,5-6,11-14H2,(H,26,28);1H. The van der Waals surface area contributed by atoms with Crippen LogP contribution in [0.4, 0.5) is 4.39 Å². The van der Waals surface area contributed by atoms with E-state index in [0.717, 1.165) is 19.5 Å². The van der Waals surface area contributed by atoms with Crippen molar-refractivity contribution in [2.75, 3.05) is 19.6 Å². The first-order chi connectivity index (χ1) is 14.2. The van der Waals surface area contributed by atoms with Crippen molar-refractivity contribution in [3.63, 3.8) is 0 Å². The van der Waals surface area contributed by atoms with Crippen molar-refractivity contribution in [2.24, 2.45) is 5.92 Å². The first kappa shape index (κ1) is 22.0. The van der Waals surface area contributed by atoms with Crippen LogP contribution >= 0.6 is 12.4 Å². The summed E-state index contributed by atoms with van der Waals surface area (Å²) in [5.74, 6) is 0.700. The molecular formula is C23H25ClFN3O2. The van der Waals surface area contributed by atoms with Crippen LogP contribution in [-0.4, -0.2) is 30.5 Å². The Morgan fingerprint density at radius 2 is 1.93 bits per heavy atom. The van der Waals surface area contributed by atoms with Gasteiger partial charge in [0.05, 0.1) is 17.3 Å². The van der Waals surface area contributed by atoms with E-state index < -0.39 is 0 Å². The summed E-state index contributed by atoms with van der Waals surface area (Å²) in [6.45, 7) is 2.73. The topological polar surface area (TPSA) is 67.2 Å². The molecule has 30 heavy (non-hydrogen) atoms. The molecule has 1 aliphatic heterocycles. The molecule has 0 radical (unpaired) electrons. The Bertz CT molecular complexity index is 986. The lowest BCUT2D eigenvalue weighted by atomic mass is 9.96. The molecule has 2 N–H and O–H groups in total. The van der Waals surface area contributed by atoms with Gasteiger partial charge in [0.15, 0.2) is 5.76 Å². The molecule has 1 saturated heterocycles. The number of piperidine rings is 1. The van der Waals surface area contributed by atoms with Gasteiger partial charge >= 0.3 is 0 Å². The first-order valence-electron chi connectivity index (χ1n) is 10.0. The SMILES string of the molecule is Cl.O=C(NCCC1CCCNC1)c1ccccc1-c1ncc(-c2ccccc2F)o1. The van der Waals surface area contributed by atoms with E-state index in [-0.39, 0.29) is 24.1 Å². The second-order valence-electron chi connectivity index (χ2n) is 7.31. The minimum atomic E-state index is -0.376. The smallest absolute Gasteiger partial charge is 0.252 e. The van der Waals surface area contributed by atoms with Gasteiger partial charge in [0.2, 0.25) is 5.89 Å². The van der Waals surface area contributed by atoms with Crippen LogP contribution in [0.15, 0.2) is 59.1 Å². The highest BCUT2D eigenvalue weighted by Gasteiger charge is 2.18. The van der Waals surface area contributed by atoms with Crippen LogP contribution < -0.4 is 10.6 Å². The Kier molecular flexibility index (Phi) is 7.60. The highest BCUT2D eigenvalue weighted by Crippen LogP contribution is 2.29. The number of rotatable bonds is 6. The summed E-state index contributed by atoms with van der Waals surface area (Å²) in [6.07, 6.45) is 4.83. The van der Waals surface area contributed by atoms with Crippen LogP contribution in [0.3, 0.4) is 0 Å². The second kappa shape index (κ2) is 10.4. The van der Waals surface area contributed by atoms with Gasteiger partial charge in [0.25, 0.3) is 5.91 Å². The number of aromatic nitrogens is 1. The van der Waals surface area contributed by atoms with Crippen LogP contribution in [0.2, 0.25) is 0 Å². The van der Waals surface area contributed by atoms with Crippen molar-refractivity contribution >= 4 is 18.3 Å². The summed E-state index contributed by atoms with van der Waals surface area (Å²) in [5, 5.41) is 6.40. The van der Waals surface area contributed by atoms with Gasteiger partial charge in [-0.2, -0.15) is 0 Å². The van der Waals surface area contributed by atoms with Crippen molar-refractivity contribution in [1.29, 1.82) is 0 Å². The maximum atomic E-state index is 14.0. The molecule has 3 aromatic rings. The summed E-state index contributed by atoms with van der Waals surface area (Å²) in [4.78, 5) is 17.0. The van der Waals surface area contributed by atoms with Crippen molar-refractivity contribution < 1.29 is 13.6 Å². The van der Waals surface area contributed by atoms with Gasteiger partial charge in [-0.1, -0.05) is 24.3 Å². The van der Waals surface area contributed by atoms with Gasteiger partial charge in [0.1, 0.15) is 5.82 Å². The average Bonchev–Trinajstić information content (AvgIpc) is 3.24. The molecule has 0 spiro atoms. The third-order valence-electron chi connectivity index (χ3n) is 5.28. The molecule has 1 amide bonds. The molecule has 158 valence electrons.